The Morgan fingerprint density at radius 2 is 1.62 bits per heavy atom. The monoisotopic (exact) mass is 723 g/mol. The third-order valence-electron chi connectivity index (χ3n) is 12.0. The van der Waals surface area contributed by atoms with Gasteiger partial charge in [0.1, 0.15) is 23.8 Å². The van der Waals surface area contributed by atoms with Crippen LogP contribution in [0.5, 0.6) is 0 Å². The summed E-state index contributed by atoms with van der Waals surface area (Å²) >= 11 is 0. The van der Waals surface area contributed by atoms with Crippen LogP contribution < -0.4 is 21.3 Å². The molecule has 2 heterocycles. The number of aliphatic hydroxyl groups excluding tert-OH is 1. The van der Waals surface area contributed by atoms with Crippen LogP contribution in [0.4, 0.5) is 0 Å². The number of aliphatic hydroxyl groups is 1. The van der Waals surface area contributed by atoms with Gasteiger partial charge in [0.15, 0.2) is 6.10 Å². The Morgan fingerprint density at radius 1 is 0.923 bits per heavy atom. The Bertz CT molecular complexity index is 1430. The van der Waals surface area contributed by atoms with Gasteiger partial charge in [0.05, 0.1) is 12.2 Å². The summed E-state index contributed by atoms with van der Waals surface area (Å²) in [6.45, 7) is 12.0. The molecule has 4 fully saturated rings. The lowest BCUT2D eigenvalue weighted by Crippen LogP contribution is -2.64. The zero-order chi connectivity index (χ0) is 37.8. The first-order valence-electron chi connectivity index (χ1n) is 19.6. The summed E-state index contributed by atoms with van der Waals surface area (Å²) in [7, 11) is 0. The van der Waals surface area contributed by atoms with Crippen molar-refractivity contribution in [2.24, 2.45) is 28.6 Å². The fraction of sp³-hybridized carbons (Fsp3) is 0.769. The molecular weight excluding hydrogens is 662 g/mol. The number of aromatic nitrogens is 2. The summed E-state index contributed by atoms with van der Waals surface area (Å²) in [5.41, 5.74) is -1.20. The number of likely N-dealkylation sites (tertiary alicyclic amines) is 1. The zero-order valence-electron chi connectivity index (χ0n) is 32.0. The van der Waals surface area contributed by atoms with Gasteiger partial charge >= 0.3 is 0 Å². The topological polar surface area (TPSA) is 183 Å². The number of amides is 5. The van der Waals surface area contributed by atoms with Gasteiger partial charge in [-0.3, -0.25) is 29.0 Å². The normalized spacial score (nSPS) is 24.2. The van der Waals surface area contributed by atoms with Crippen molar-refractivity contribution in [3.05, 3.63) is 24.3 Å². The Hall–Kier alpha value is -3.61. The van der Waals surface area contributed by atoms with Crippen LogP contribution in [0, 0.1) is 28.6 Å². The molecule has 5 rings (SSSR count). The molecular formula is C39H61N7O6. The molecule has 5 amide bonds. The number of hydrogen-bond acceptors (Lipinski definition) is 8. The van der Waals surface area contributed by atoms with E-state index in [-0.39, 0.29) is 29.5 Å². The van der Waals surface area contributed by atoms with Crippen LogP contribution >= 0.6 is 0 Å². The summed E-state index contributed by atoms with van der Waals surface area (Å²) in [5.74, 6) is -2.01. The SMILES string of the molecule is CC(C)[C@H]1CCN(C(=O)[C@@H](NC(=O)[C@@H](NC(=O)c2cnccn2)C2(C)CCCCC2)C(C)(C)C)[C@@H]1C(=O)NC(CC1CCC1)C(O)C(=O)NC1CC1. The lowest BCUT2D eigenvalue weighted by molar-refractivity contribution is -0.146. The van der Waals surface area contributed by atoms with E-state index in [4.69, 9.17) is 0 Å². The number of nitrogens with zero attached hydrogens (tertiary/aromatic N) is 3. The molecule has 0 aromatic carbocycles. The summed E-state index contributed by atoms with van der Waals surface area (Å²) in [6.07, 6.45) is 13.1. The Kier molecular flexibility index (Phi) is 12.6. The fourth-order valence-electron chi connectivity index (χ4n) is 8.28. The molecule has 6 atom stereocenters. The van der Waals surface area contributed by atoms with Crippen LogP contribution in [0.3, 0.4) is 0 Å². The third-order valence-corrected chi connectivity index (χ3v) is 12.0. The summed E-state index contributed by atoms with van der Waals surface area (Å²) < 4.78 is 0. The first-order chi connectivity index (χ1) is 24.6. The van der Waals surface area contributed by atoms with Crippen molar-refractivity contribution in [1.82, 2.24) is 36.1 Å². The van der Waals surface area contributed by atoms with E-state index in [0.29, 0.717) is 25.3 Å². The molecule has 288 valence electrons. The Balaban J connectivity index is 1.38. The van der Waals surface area contributed by atoms with Crippen molar-refractivity contribution >= 4 is 29.5 Å². The first-order valence-corrected chi connectivity index (χ1v) is 19.6. The molecule has 0 spiro atoms. The zero-order valence-corrected chi connectivity index (χ0v) is 32.0. The van der Waals surface area contributed by atoms with E-state index in [1.165, 1.54) is 18.6 Å². The second-order valence-corrected chi connectivity index (χ2v) is 17.6. The number of rotatable bonds is 14. The average molecular weight is 724 g/mol. The molecule has 0 radical (unpaired) electrons. The van der Waals surface area contributed by atoms with Crippen molar-refractivity contribution in [2.45, 2.75) is 155 Å². The van der Waals surface area contributed by atoms with Gasteiger partial charge in [-0.25, -0.2) is 4.98 Å². The average Bonchev–Trinajstić information content (AvgIpc) is 3.78. The standard InChI is InChI=1S/C39H61N7O6/c1-23(2)26-15-20-46(29(26)34(49)43-27(21-24-11-10-12-24)30(47)35(50)42-25-13-14-25)37(52)32(38(3,4)5)45-36(51)31(39(6)16-8-7-9-17-39)44-33(48)28-22-40-18-19-41-28/h18-19,22-27,29-32,47H,7-17,20-21H2,1-6H3,(H,42,50)(H,43,49)(H,44,48)(H,45,51)/t26-,27?,29+,30?,31-,32-/m1/s1. The Labute approximate surface area is 308 Å². The second-order valence-electron chi connectivity index (χ2n) is 17.6. The number of nitrogens with one attached hydrogen (secondary N) is 4. The van der Waals surface area contributed by atoms with Gasteiger partial charge in [-0.15, -0.1) is 0 Å². The van der Waals surface area contributed by atoms with E-state index in [1.807, 2.05) is 41.5 Å². The molecule has 4 aliphatic rings. The number of carbonyl (C=O) groups excluding carboxylic acids is 5. The molecule has 1 saturated heterocycles. The minimum absolute atomic E-state index is 0.0660. The largest absolute Gasteiger partial charge is 0.381 e. The molecule has 0 bridgehead atoms. The lowest BCUT2D eigenvalue weighted by Gasteiger charge is -2.42. The predicted molar refractivity (Wildman–Crippen MR) is 195 cm³/mol. The summed E-state index contributed by atoms with van der Waals surface area (Å²) in [6, 6.07) is -3.50. The molecule has 1 aromatic rings. The fourth-order valence-corrected chi connectivity index (χ4v) is 8.28. The van der Waals surface area contributed by atoms with Crippen molar-refractivity contribution in [3.8, 4) is 0 Å². The smallest absolute Gasteiger partial charge is 0.272 e. The van der Waals surface area contributed by atoms with Crippen LogP contribution in [-0.4, -0.2) is 92.4 Å². The molecule has 3 saturated carbocycles. The number of carbonyl (C=O) groups is 5. The maximum atomic E-state index is 14.7. The summed E-state index contributed by atoms with van der Waals surface area (Å²) in [4.78, 5) is 79.5. The highest BCUT2D eigenvalue weighted by molar-refractivity contribution is 5.98. The molecule has 2 unspecified atom stereocenters. The van der Waals surface area contributed by atoms with E-state index in [9.17, 15) is 29.1 Å². The van der Waals surface area contributed by atoms with Gasteiger partial charge in [0, 0.05) is 25.0 Å². The minimum Gasteiger partial charge on any atom is -0.381 e. The van der Waals surface area contributed by atoms with E-state index in [2.05, 4.69) is 31.2 Å². The van der Waals surface area contributed by atoms with Gasteiger partial charge in [-0.2, -0.15) is 0 Å². The van der Waals surface area contributed by atoms with Crippen LogP contribution in [0.25, 0.3) is 0 Å². The maximum absolute atomic E-state index is 14.7. The molecule has 13 heteroatoms. The van der Waals surface area contributed by atoms with Gasteiger partial charge in [0.25, 0.3) is 11.8 Å². The highest BCUT2D eigenvalue weighted by Crippen LogP contribution is 2.40. The molecule has 13 nitrogen and oxygen atoms in total. The highest BCUT2D eigenvalue weighted by atomic mass is 16.3. The Morgan fingerprint density at radius 3 is 2.17 bits per heavy atom. The number of hydrogen-bond donors (Lipinski definition) is 5. The summed E-state index contributed by atoms with van der Waals surface area (Å²) in [5, 5.41) is 23.1. The molecule has 5 N–H and O–H groups in total. The van der Waals surface area contributed by atoms with E-state index >= 15 is 0 Å². The van der Waals surface area contributed by atoms with Gasteiger partial charge < -0.3 is 31.3 Å². The molecule has 1 aliphatic heterocycles. The van der Waals surface area contributed by atoms with Crippen molar-refractivity contribution in [2.75, 3.05) is 6.54 Å². The van der Waals surface area contributed by atoms with Crippen LogP contribution in [-0.2, 0) is 19.2 Å². The van der Waals surface area contributed by atoms with E-state index in [0.717, 1.165) is 64.2 Å². The first kappa shape index (κ1) is 39.6. The van der Waals surface area contributed by atoms with Gasteiger partial charge in [0.2, 0.25) is 17.7 Å². The van der Waals surface area contributed by atoms with Crippen LogP contribution in [0.1, 0.15) is 129 Å². The van der Waals surface area contributed by atoms with Crippen LogP contribution in [0.15, 0.2) is 18.6 Å². The highest BCUT2D eigenvalue weighted by Gasteiger charge is 2.49. The molecule has 1 aromatic heterocycles. The van der Waals surface area contributed by atoms with Gasteiger partial charge in [-0.05, 0) is 67.1 Å². The van der Waals surface area contributed by atoms with E-state index < -0.39 is 64.7 Å². The van der Waals surface area contributed by atoms with E-state index in [1.54, 1.807) is 4.90 Å². The maximum Gasteiger partial charge on any atom is 0.272 e. The third kappa shape index (κ3) is 9.48. The molecule has 52 heavy (non-hydrogen) atoms. The predicted octanol–water partition coefficient (Wildman–Crippen LogP) is 3.26. The second kappa shape index (κ2) is 16.6. The minimum atomic E-state index is -1.40. The molecule has 3 aliphatic carbocycles. The van der Waals surface area contributed by atoms with Crippen molar-refractivity contribution < 1.29 is 29.1 Å². The van der Waals surface area contributed by atoms with Crippen molar-refractivity contribution in [3.63, 3.8) is 0 Å². The van der Waals surface area contributed by atoms with Crippen molar-refractivity contribution in [1.29, 1.82) is 0 Å². The van der Waals surface area contributed by atoms with Crippen LogP contribution in [0.2, 0.25) is 0 Å². The lowest BCUT2D eigenvalue weighted by atomic mass is 9.70. The van der Waals surface area contributed by atoms with Gasteiger partial charge in [-0.1, -0.05) is 80.1 Å². The quantitative estimate of drug-likeness (QED) is 0.194.